The Morgan fingerprint density at radius 3 is 2.68 bits per heavy atom. The van der Waals surface area contributed by atoms with Crippen molar-refractivity contribution in [2.45, 2.75) is 44.9 Å². The maximum atomic E-state index is 6.48. The van der Waals surface area contributed by atoms with Gasteiger partial charge in [0.05, 0.1) is 10.5 Å². The highest BCUT2D eigenvalue weighted by Gasteiger charge is 2.20. The molecule has 19 heavy (non-hydrogen) atoms. The fourth-order valence-corrected chi connectivity index (χ4v) is 3.80. The fourth-order valence-electron chi connectivity index (χ4n) is 3.04. The van der Waals surface area contributed by atoms with Gasteiger partial charge < -0.3 is 0 Å². The van der Waals surface area contributed by atoms with Crippen LogP contribution in [0.1, 0.15) is 49.8 Å². The summed E-state index contributed by atoms with van der Waals surface area (Å²) in [5.41, 5.74) is 3.54. The van der Waals surface area contributed by atoms with Gasteiger partial charge in [-0.2, -0.15) is 0 Å². The predicted octanol–water partition coefficient (Wildman–Crippen LogP) is 5.87. The van der Waals surface area contributed by atoms with E-state index in [0.29, 0.717) is 5.92 Å². The number of hydrogen-bond donors (Lipinski definition) is 0. The van der Waals surface area contributed by atoms with Gasteiger partial charge in [0.1, 0.15) is 0 Å². The van der Waals surface area contributed by atoms with Gasteiger partial charge in [-0.3, -0.25) is 4.98 Å². The smallest absolute Gasteiger partial charge is 0.0753 e. The molecule has 0 bridgehead atoms. The molecule has 100 valence electrons. The van der Waals surface area contributed by atoms with Crippen LogP contribution in [0.5, 0.6) is 0 Å². The minimum Gasteiger partial charge on any atom is -0.252 e. The van der Waals surface area contributed by atoms with Crippen molar-refractivity contribution < 1.29 is 0 Å². The van der Waals surface area contributed by atoms with Crippen LogP contribution in [0.4, 0.5) is 0 Å². The highest BCUT2D eigenvalue weighted by atomic mass is 79.9. The summed E-state index contributed by atoms with van der Waals surface area (Å²) in [6.45, 7) is 2.17. The van der Waals surface area contributed by atoms with Crippen LogP contribution >= 0.6 is 27.5 Å². The average molecular weight is 339 g/mol. The van der Waals surface area contributed by atoms with Crippen LogP contribution in [0.2, 0.25) is 5.02 Å². The van der Waals surface area contributed by atoms with Crippen molar-refractivity contribution in [3.05, 3.63) is 39.0 Å². The van der Waals surface area contributed by atoms with E-state index in [-0.39, 0.29) is 0 Å². The molecule has 3 rings (SSSR count). The highest BCUT2D eigenvalue weighted by Crippen LogP contribution is 2.37. The molecule has 0 atom stereocenters. The van der Waals surface area contributed by atoms with Crippen LogP contribution in [-0.2, 0) is 6.42 Å². The third-order valence-electron chi connectivity index (χ3n) is 4.08. The Hall–Kier alpha value is -0.600. The third kappa shape index (κ3) is 2.53. The summed E-state index contributed by atoms with van der Waals surface area (Å²) < 4.78 is 1.08. The Balaban J connectivity index is 2.20. The minimum atomic E-state index is 0.607. The topological polar surface area (TPSA) is 12.9 Å². The molecule has 0 aliphatic heterocycles. The Labute approximate surface area is 127 Å². The number of fused-ring (bicyclic) bond motifs is 1. The molecule has 1 aromatic heterocycles. The monoisotopic (exact) mass is 337 g/mol. The molecule has 1 nitrogen and oxygen atoms in total. The van der Waals surface area contributed by atoms with Gasteiger partial charge >= 0.3 is 0 Å². The lowest BCUT2D eigenvalue weighted by Crippen LogP contribution is -1.99. The maximum absolute atomic E-state index is 6.48. The van der Waals surface area contributed by atoms with E-state index in [1.807, 2.05) is 0 Å². The number of nitrogens with zero attached hydrogens (tertiary/aromatic N) is 1. The molecule has 1 fully saturated rings. The molecule has 1 aromatic carbocycles. The lowest BCUT2D eigenvalue weighted by Gasteiger charge is -2.13. The standard InChI is InChI=1S/C16H17BrClN/c1-2-10-7-12(17)8-13-14(18)9-15(19-16(10)13)11-5-3-4-6-11/h7-9,11H,2-6H2,1H3. The van der Waals surface area contributed by atoms with E-state index in [9.17, 15) is 0 Å². The van der Waals surface area contributed by atoms with E-state index in [0.717, 1.165) is 26.8 Å². The quantitative estimate of drug-likeness (QED) is 0.667. The van der Waals surface area contributed by atoms with E-state index in [1.54, 1.807) is 0 Å². The average Bonchev–Trinajstić information content (AvgIpc) is 2.92. The predicted molar refractivity (Wildman–Crippen MR) is 85.0 cm³/mol. The molecule has 1 aliphatic rings. The first-order chi connectivity index (χ1) is 9.19. The zero-order valence-corrected chi connectivity index (χ0v) is 13.4. The van der Waals surface area contributed by atoms with Gasteiger partial charge in [-0.25, -0.2) is 0 Å². The Morgan fingerprint density at radius 1 is 1.26 bits per heavy atom. The maximum Gasteiger partial charge on any atom is 0.0753 e. The van der Waals surface area contributed by atoms with Crippen LogP contribution < -0.4 is 0 Å². The Kier molecular flexibility index (Phi) is 3.81. The van der Waals surface area contributed by atoms with E-state index in [2.05, 4.69) is 41.1 Å². The van der Waals surface area contributed by atoms with Crippen molar-refractivity contribution in [1.29, 1.82) is 0 Å². The summed E-state index contributed by atoms with van der Waals surface area (Å²) in [4.78, 5) is 4.92. The van der Waals surface area contributed by atoms with Gasteiger partial charge in [0.2, 0.25) is 0 Å². The number of halogens is 2. The molecule has 1 heterocycles. The lowest BCUT2D eigenvalue weighted by molar-refractivity contribution is 0.701. The third-order valence-corrected chi connectivity index (χ3v) is 4.85. The molecule has 1 saturated carbocycles. The molecule has 0 unspecified atom stereocenters. The van der Waals surface area contributed by atoms with E-state index >= 15 is 0 Å². The number of benzene rings is 1. The SMILES string of the molecule is CCc1cc(Br)cc2c(Cl)cc(C3CCCC3)nc12. The highest BCUT2D eigenvalue weighted by molar-refractivity contribution is 9.10. The van der Waals surface area contributed by atoms with Crippen LogP contribution in [-0.4, -0.2) is 4.98 Å². The largest absolute Gasteiger partial charge is 0.252 e. The Morgan fingerprint density at radius 2 is 2.00 bits per heavy atom. The summed E-state index contributed by atoms with van der Waals surface area (Å²) in [6, 6.07) is 6.30. The molecule has 3 heteroatoms. The first-order valence-electron chi connectivity index (χ1n) is 6.97. The van der Waals surface area contributed by atoms with Gasteiger partial charge in [0.15, 0.2) is 0 Å². The second-order valence-corrected chi connectivity index (χ2v) is 6.65. The summed E-state index contributed by atoms with van der Waals surface area (Å²) in [5.74, 6) is 0.607. The molecule has 2 aromatic rings. The summed E-state index contributed by atoms with van der Waals surface area (Å²) in [6.07, 6.45) is 6.14. The van der Waals surface area contributed by atoms with Gasteiger partial charge in [-0.1, -0.05) is 47.3 Å². The first-order valence-corrected chi connectivity index (χ1v) is 8.14. The van der Waals surface area contributed by atoms with Gasteiger partial charge in [0, 0.05) is 21.5 Å². The number of rotatable bonds is 2. The van der Waals surface area contributed by atoms with E-state index in [1.165, 1.54) is 36.9 Å². The number of aromatic nitrogens is 1. The molecule has 0 N–H and O–H groups in total. The van der Waals surface area contributed by atoms with Gasteiger partial charge in [0.25, 0.3) is 0 Å². The van der Waals surface area contributed by atoms with Crippen molar-refractivity contribution in [2.75, 3.05) is 0 Å². The molecule has 0 saturated heterocycles. The molecular weight excluding hydrogens is 322 g/mol. The molecular formula is C16H17BrClN. The number of hydrogen-bond acceptors (Lipinski definition) is 1. The number of aryl methyl sites for hydroxylation is 1. The van der Waals surface area contributed by atoms with Gasteiger partial charge in [-0.15, -0.1) is 0 Å². The van der Waals surface area contributed by atoms with Crippen molar-refractivity contribution in [3.8, 4) is 0 Å². The van der Waals surface area contributed by atoms with E-state index < -0.39 is 0 Å². The Bertz CT molecular complexity index is 618. The van der Waals surface area contributed by atoms with Crippen LogP contribution in [0.25, 0.3) is 10.9 Å². The first kappa shape index (κ1) is 13.4. The second kappa shape index (κ2) is 5.41. The molecule has 0 amide bonds. The van der Waals surface area contributed by atoms with Crippen molar-refractivity contribution in [1.82, 2.24) is 4.98 Å². The van der Waals surface area contributed by atoms with Crippen molar-refractivity contribution in [3.63, 3.8) is 0 Å². The summed E-state index contributed by atoms with van der Waals surface area (Å²) >= 11 is 10.0. The molecule has 0 radical (unpaired) electrons. The lowest BCUT2D eigenvalue weighted by atomic mass is 10.0. The zero-order valence-electron chi connectivity index (χ0n) is 11.0. The molecule has 0 spiro atoms. The van der Waals surface area contributed by atoms with E-state index in [4.69, 9.17) is 16.6 Å². The molecule has 1 aliphatic carbocycles. The van der Waals surface area contributed by atoms with Crippen molar-refractivity contribution >= 4 is 38.4 Å². The summed E-state index contributed by atoms with van der Waals surface area (Å²) in [5, 5.41) is 1.90. The van der Waals surface area contributed by atoms with Crippen molar-refractivity contribution in [2.24, 2.45) is 0 Å². The second-order valence-electron chi connectivity index (χ2n) is 5.32. The summed E-state index contributed by atoms with van der Waals surface area (Å²) in [7, 11) is 0. The van der Waals surface area contributed by atoms with Crippen LogP contribution in [0, 0.1) is 0 Å². The number of pyridine rings is 1. The van der Waals surface area contributed by atoms with Gasteiger partial charge in [-0.05, 0) is 43.0 Å². The van der Waals surface area contributed by atoms with Crippen LogP contribution in [0.15, 0.2) is 22.7 Å². The minimum absolute atomic E-state index is 0.607. The van der Waals surface area contributed by atoms with Crippen LogP contribution in [0.3, 0.4) is 0 Å². The fraction of sp³-hybridized carbons (Fsp3) is 0.438. The zero-order chi connectivity index (χ0) is 13.4. The normalized spacial score (nSPS) is 16.4.